The normalized spacial score (nSPS) is 13.5. The molecule has 1 saturated heterocycles. The van der Waals surface area contributed by atoms with E-state index >= 15 is 0 Å². The summed E-state index contributed by atoms with van der Waals surface area (Å²) in [5.41, 5.74) is 2.22. The van der Waals surface area contributed by atoms with Crippen LogP contribution >= 0.6 is 11.8 Å². The topological polar surface area (TPSA) is 78.5 Å². The standard InChI is InChI=1S/C20H21N3O3S/c1-14(24)21-15-7-9-18(10-8-15)27-13-19(25)22-16-4-2-5-17(12-16)23-11-3-6-20(23)26/h2,4-5,7-10,12H,3,6,11,13H2,1H3,(H,21,24)(H,22,25). The maximum atomic E-state index is 12.2. The first-order valence-corrected chi connectivity index (χ1v) is 9.70. The Labute approximate surface area is 162 Å². The number of rotatable bonds is 6. The second kappa shape index (κ2) is 8.73. The van der Waals surface area contributed by atoms with E-state index in [1.165, 1.54) is 18.7 Å². The van der Waals surface area contributed by atoms with Crippen molar-refractivity contribution in [3.8, 4) is 0 Å². The zero-order valence-corrected chi connectivity index (χ0v) is 15.8. The van der Waals surface area contributed by atoms with Crippen molar-refractivity contribution in [3.63, 3.8) is 0 Å². The lowest BCUT2D eigenvalue weighted by Crippen LogP contribution is -2.23. The summed E-state index contributed by atoms with van der Waals surface area (Å²) in [5.74, 6) is 0.159. The van der Waals surface area contributed by atoms with Crippen molar-refractivity contribution in [2.45, 2.75) is 24.7 Å². The lowest BCUT2D eigenvalue weighted by Gasteiger charge is -2.16. The number of nitrogens with zero attached hydrogens (tertiary/aromatic N) is 1. The highest BCUT2D eigenvalue weighted by Gasteiger charge is 2.21. The molecule has 2 aromatic rings. The van der Waals surface area contributed by atoms with Gasteiger partial charge in [0.05, 0.1) is 5.75 Å². The maximum absolute atomic E-state index is 12.2. The third-order valence-electron chi connectivity index (χ3n) is 4.06. The van der Waals surface area contributed by atoms with Crippen LogP contribution in [0.2, 0.25) is 0 Å². The molecule has 0 aromatic heterocycles. The Morgan fingerprint density at radius 2 is 1.85 bits per heavy atom. The van der Waals surface area contributed by atoms with Gasteiger partial charge in [0.1, 0.15) is 0 Å². The summed E-state index contributed by atoms with van der Waals surface area (Å²) in [6, 6.07) is 14.7. The Morgan fingerprint density at radius 3 is 2.52 bits per heavy atom. The highest BCUT2D eigenvalue weighted by molar-refractivity contribution is 8.00. The number of hydrogen-bond acceptors (Lipinski definition) is 4. The molecule has 1 heterocycles. The Kier molecular flexibility index (Phi) is 6.13. The molecule has 7 heteroatoms. The fourth-order valence-electron chi connectivity index (χ4n) is 2.86. The Morgan fingerprint density at radius 1 is 1.07 bits per heavy atom. The van der Waals surface area contributed by atoms with E-state index in [2.05, 4.69) is 10.6 Å². The smallest absolute Gasteiger partial charge is 0.234 e. The van der Waals surface area contributed by atoms with Crippen LogP contribution < -0.4 is 15.5 Å². The summed E-state index contributed by atoms with van der Waals surface area (Å²) < 4.78 is 0. The van der Waals surface area contributed by atoms with Crippen LogP contribution in [0.3, 0.4) is 0 Å². The number of nitrogens with one attached hydrogen (secondary N) is 2. The molecular weight excluding hydrogens is 362 g/mol. The first-order chi connectivity index (χ1) is 13.0. The SMILES string of the molecule is CC(=O)Nc1ccc(SCC(=O)Nc2cccc(N3CCCC3=O)c2)cc1. The van der Waals surface area contributed by atoms with Gasteiger partial charge in [-0.25, -0.2) is 0 Å². The lowest BCUT2D eigenvalue weighted by atomic mass is 10.2. The van der Waals surface area contributed by atoms with Crippen LogP contribution in [0, 0.1) is 0 Å². The summed E-state index contributed by atoms with van der Waals surface area (Å²) in [5, 5.41) is 5.58. The summed E-state index contributed by atoms with van der Waals surface area (Å²) in [6.45, 7) is 2.18. The van der Waals surface area contributed by atoms with Gasteiger partial charge in [-0.3, -0.25) is 14.4 Å². The molecule has 1 fully saturated rings. The van der Waals surface area contributed by atoms with E-state index in [4.69, 9.17) is 0 Å². The van der Waals surface area contributed by atoms with Gasteiger partial charge in [0.15, 0.2) is 0 Å². The highest BCUT2D eigenvalue weighted by Crippen LogP contribution is 2.25. The first-order valence-electron chi connectivity index (χ1n) is 8.72. The van der Waals surface area contributed by atoms with Crippen molar-refractivity contribution in [1.82, 2.24) is 0 Å². The van der Waals surface area contributed by atoms with E-state index < -0.39 is 0 Å². The maximum Gasteiger partial charge on any atom is 0.234 e. The summed E-state index contributed by atoms with van der Waals surface area (Å²) in [7, 11) is 0. The zero-order valence-electron chi connectivity index (χ0n) is 15.0. The number of anilines is 3. The number of benzene rings is 2. The monoisotopic (exact) mass is 383 g/mol. The number of hydrogen-bond donors (Lipinski definition) is 2. The molecule has 6 nitrogen and oxygen atoms in total. The Balaban J connectivity index is 1.53. The summed E-state index contributed by atoms with van der Waals surface area (Å²) in [6.07, 6.45) is 1.45. The van der Waals surface area contributed by atoms with Crippen molar-refractivity contribution in [1.29, 1.82) is 0 Å². The minimum atomic E-state index is -0.118. The molecule has 140 valence electrons. The van der Waals surface area contributed by atoms with Gasteiger partial charge in [-0.1, -0.05) is 6.07 Å². The summed E-state index contributed by atoms with van der Waals surface area (Å²) >= 11 is 1.42. The molecule has 1 aliphatic rings. The van der Waals surface area contributed by atoms with Crippen LogP contribution in [-0.4, -0.2) is 30.0 Å². The molecular formula is C20H21N3O3S. The first kappa shape index (κ1) is 19.0. The third kappa shape index (κ3) is 5.34. The van der Waals surface area contributed by atoms with Crippen LogP contribution in [-0.2, 0) is 14.4 Å². The van der Waals surface area contributed by atoms with Crippen LogP contribution in [0.1, 0.15) is 19.8 Å². The fraction of sp³-hybridized carbons (Fsp3) is 0.250. The van der Waals surface area contributed by atoms with E-state index in [9.17, 15) is 14.4 Å². The van der Waals surface area contributed by atoms with Crippen LogP contribution in [0.15, 0.2) is 53.4 Å². The van der Waals surface area contributed by atoms with Gasteiger partial charge in [-0.15, -0.1) is 11.8 Å². The van der Waals surface area contributed by atoms with Gasteiger partial charge < -0.3 is 15.5 Å². The molecule has 2 N–H and O–H groups in total. The lowest BCUT2D eigenvalue weighted by molar-refractivity contribution is -0.117. The number of carbonyl (C=O) groups excluding carboxylic acids is 3. The molecule has 27 heavy (non-hydrogen) atoms. The molecule has 0 radical (unpaired) electrons. The van der Waals surface area contributed by atoms with Crippen molar-refractivity contribution in [3.05, 3.63) is 48.5 Å². The van der Waals surface area contributed by atoms with Crippen LogP contribution in [0.5, 0.6) is 0 Å². The molecule has 0 spiro atoms. The van der Waals surface area contributed by atoms with Gasteiger partial charge in [0.2, 0.25) is 17.7 Å². The molecule has 3 amide bonds. The summed E-state index contributed by atoms with van der Waals surface area (Å²) in [4.78, 5) is 37.8. The minimum Gasteiger partial charge on any atom is -0.326 e. The van der Waals surface area contributed by atoms with Gasteiger partial charge in [0, 0.05) is 41.8 Å². The minimum absolute atomic E-state index is 0.115. The molecule has 2 aromatic carbocycles. The van der Waals surface area contributed by atoms with E-state index in [-0.39, 0.29) is 23.5 Å². The molecule has 0 bridgehead atoms. The predicted molar refractivity (Wildman–Crippen MR) is 108 cm³/mol. The van der Waals surface area contributed by atoms with Crippen molar-refractivity contribution in [2.24, 2.45) is 0 Å². The van der Waals surface area contributed by atoms with Crippen molar-refractivity contribution >= 4 is 46.5 Å². The number of amides is 3. The van der Waals surface area contributed by atoms with E-state index in [0.717, 1.165) is 29.2 Å². The van der Waals surface area contributed by atoms with Gasteiger partial charge in [-0.05, 0) is 48.9 Å². The molecule has 0 saturated carbocycles. The average molecular weight is 383 g/mol. The Bertz CT molecular complexity index is 852. The van der Waals surface area contributed by atoms with E-state index in [0.29, 0.717) is 12.1 Å². The second-order valence-electron chi connectivity index (χ2n) is 6.24. The Hall–Kier alpha value is -2.80. The van der Waals surface area contributed by atoms with Gasteiger partial charge in [0.25, 0.3) is 0 Å². The molecule has 1 aliphatic heterocycles. The van der Waals surface area contributed by atoms with Crippen LogP contribution in [0.25, 0.3) is 0 Å². The third-order valence-corrected chi connectivity index (χ3v) is 5.07. The molecule has 0 unspecified atom stereocenters. The fourth-order valence-corrected chi connectivity index (χ4v) is 3.55. The van der Waals surface area contributed by atoms with Crippen molar-refractivity contribution < 1.29 is 14.4 Å². The van der Waals surface area contributed by atoms with E-state index in [1.54, 1.807) is 17.0 Å². The predicted octanol–water partition coefficient (Wildman–Crippen LogP) is 3.50. The van der Waals surface area contributed by atoms with Crippen LogP contribution in [0.4, 0.5) is 17.1 Å². The molecule has 3 rings (SSSR count). The molecule has 0 aliphatic carbocycles. The van der Waals surface area contributed by atoms with Gasteiger partial charge in [-0.2, -0.15) is 0 Å². The highest BCUT2D eigenvalue weighted by atomic mass is 32.2. The quantitative estimate of drug-likeness (QED) is 0.749. The zero-order chi connectivity index (χ0) is 19.2. The van der Waals surface area contributed by atoms with E-state index in [1.807, 2.05) is 36.4 Å². The number of carbonyl (C=O) groups is 3. The number of thioether (sulfide) groups is 1. The largest absolute Gasteiger partial charge is 0.326 e. The van der Waals surface area contributed by atoms with Crippen molar-refractivity contribution in [2.75, 3.05) is 27.8 Å². The van der Waals surface area contributed by atoms with Gasteiger partial charge >= 0.3 is 0 Å². The second-order valence-corrected chi connectivity index (χ2v) is 7.29. The molecule has 0 atom stereocenters. The average Bonchev–Trinajstić information content (AvgIpc) is 3.07.